The van der Waals surface area contributed by atoms with Crippen LogP contribution in [-0.4, -0.2) is 34.3 Å². The Bertz CT molecular complexity index is 1020. The predicted molar refractivity (Wildman–Crippen MR) is 111 cm³/mol. The summed E-state index contributed by atoms with van der Waals surface area (Å²) in [6, 6.07) is 16.2. The Kier molecular flexibility index (Phi) is 5.90. The second-order valence-corrected chi connectivity index (χ2v) is 7.91. The van der Waals surface area contributed by atoms with Gasteiger partial charge in [-0.25, -0.2) is 0 Å². The molecule has 0 unspecified atom stereocenters. The number of nitrogens with two attached hydrogens (primary N) is 1. The van der Waals surface area contributed by atoms with Crippen LogP contribution in [0.2, 0.25) is 0 Å². The first kappa shape index (κ1) is 19.8. The van der Waals surface area contributed by atoms with E-state index in [2.05, 4.69) is 36.5 Å². The Hall–Kier alpha value is -2.99. The quantitative estimate of drug-likeness (QED) is 0.642. The molecule has 0 bridgehead atoms. The minimum atomic E-state index is -0.267. The van der Waals surface area contributed by atoms with Crippen LogP contribution >= 0.6 is 0 Å². The zero-order valence-electron chi connectivity index (χ0n) is 16.6. The summed E-state index contributed by atoms with van der Waals surface area (Å²) in [5.74, 6) is -0.267. The van der Waals surface area contributed by atoms with Gasteiger partial charge in [-0.3, -0.25) is 9.59 Å². The molecule has 0 aliphatic carbocycles. The maximum Gasteiger partial charge on any atom is 0.279 e. The summed E-state index contributed by atoms with van der Waals surface area (Å²) in [7, 11) is 0. The van der Waals surface area contributed by atoms with E-state index in [4.69, 9.17) is 0 Å². The fraction of sp³-hybridized carbons (Fsp3) is 0.318. The lowest BCUT2D eigenvalue weighted by atomic mass is 10.1. The molecular formula is C22H27N4O2+. The summed E-state index contributed by atoms with van der Waals surface area (Å²) in [5.41, 5.74) is 0.830. The average molecular weight is 379 g/mol. The molecule has 3 rings (SSSR count). The van der Waals surface area contributed by atoms with Gasteiger partial charge in [-0.2, -0.15) is 9.78 Å². The monoisotopic (exact) mass is 379 g/mol. The van der Waals surface area contributed by atoms with Crippen LogP contribution in [0.3, 0.4) is 0 Å². The van der Waals surface area contributed by atoms with Crippen molar-refractivity contribution in [3.63, 3.8) is 0 Å². The number of fused-ring (bicyclic) bond motifs is 1. The second kappa shape index (κ2) is 8.35. The van der Waals surface area contributed by atoms with Gasteiger partial charge in [-0.05, 0) is 39.0 Å². The molecule has 28 heavy (non-hydrogen) atoms. The van der Waals surface area contributed by atoms with Crippen molar-refractivity contribution in [3.8, 4) is 5.69 Å². The Labute approximate surface area is 164 Å². The SMILES string of the molecule is CC(C)(C)[NH2+]CCCNC(=O)c1nn(-c2ccccc2)c(=O)c2ccccc12. The number of aromatic nitrogens is 2. The largest absolute Gasteiger partial charge is 0.350 e. The van der Waals surface area contributed by atoms with Crippen molar-refractivity contribution in [3.05, 3.63) is 70.6 Å². The number of carbonyl (C=O) groups excluding carboxylic acids is 1. The molecule has 2 aromatic carbocycles. The van der Waals surface area contributed by atoms with Crippen LogP contribution in [0.1, 0.15) is 37.7 Å². The molecule has 0 spiro atoms. The van der Waals surface area contributed by atoms with Crippen LogP contribution in [-0.2, 0) is 0 Å². The number of carbonyl (C=O) groups is 1. The van der Waals surface area contributed by atoms with Crippen molar-refractivity contribution in [1.82, 2.24) is 15.1 Å². The van der Waals surface area contributed by atoms with E-state index in [1.165, 1.54) is 4.68 Å². The van der Waals surface area contributed by atoms with E-state index in [1.54, 1.807) is 30.3 Å². The molecule has 0 aliphatic rings. The molecule has 0 fully saturated rings. The van der Waals surface area contributed by atoms with Crippen LogP contribution in [0.25, 0.3) is 16.5 Å². The highest BCUT2D eigenvalue weighted by Crippen LogP contribution is 2.15. The van der Waals surface area contributed by atoms with E-state index in [9.17, 15) is 9.59 Å². The number of benzene rings is 2. The normalized spacial score (nSPS) is 11.5. The second-order valence-electron chi connectivity index (χ2n) is 7.91. The van der Waals surface area contributed by atoms with Gasteiger partial charge in [0.2, 0.25) is 0 Å². The van der Waals surface area contributed by atoms with Gasteiger partial charge in [0, 0.05) is 18.4 Å². The third kappa shape index (κ3) is 4.64. The van der Waals surface area contributed by atoms with Gasteiger partial charge < -0.3 is 10.6 Å². The van der Waals surface area contributed by atoms with Gasteiger partial charge in [-0.15, -0.1) is 0 Å². The zero-order valence-corrected chi connectivity index (χ0v) is 16.6. The minimum Gasteiger partial charge on any atom is -0.350 e. The van der Waals surface area contributed by atoms with Gasteiger partial charge in [0.25, 0.3) is 11.5 Å². The molecule has 0 atom stereocenters. The summed E-state index contributed by atoms with van der Waals surface area (Å²) in [5, 5.41) is 10.6. The number of para-hydroxylation sites is 1. The number of amides is 1. The first-order valence-corrected chi connectivity index (χ1v) is 9.57. The molecule has 0 saturated carbocycles. The van der Waals surface area contributed by atoms with Crippen LogP contribution in [0, 0.1) is 0 Å². The molecule has 1 amide bonds. The molecule has 3 aromatic rings. The van der Waals surface area contributed by atoms with Crippen molar-refractivity contribution in [1.29, 1.82) is 0 Å². The summed E-state index contributed by atoms with van der Waals surface area (Å²) in [6.07, 6.45) is 0.860. The van der Waals surface area contributed by atoms with Gasteiger partial charge in [0.15, 0.2) is 5.69 Å². The molecule has 0 radical (unpaired) electrons. The van der Waals surface area contributed by atoms with E-state index in [-0.39, 0.29) is 22.7 Å². The summed E-state index contributed by atoms with van der Waals surface area (Å²) >= 11 is 0. The first-order valence-electron chi connectivity index (χ1n) is 9.57. The third-order valence-electron chi connectivity index (χ3n) is 4.44. The first-order chi connectivity index (χ1) is 13.4. The van der Waals surface area contributed by atoms with E-state index < -0.39 is 0 Å². The van der Waals surface area contributed by atoms with Crippen molar-refractivity contribution >= 4 is 16.7 Å². The Morgan fingerprint density at radius 2 is 1.68 bits per heavy atom. The van der Waals surface area contributed by atoms with Crippen LogP contribution in [0.4, 0.5) is 0 Å². The molecule has 6 heteroatoms. The predicted octanol–water partition coefficient (Wildman–Crippen LogP) is 1.87. The maximum atomic E-state index is 12.9. The summed E-state index contributed by atoms with van der Waals surface area (Å²) in [6.45, 7) is 7.98. The van der Waals surface area contributed by atoms with E-state index >= 15 is 0 Å². The zero-order chi connectivity index (χ0) is 20.1. The molecular weight excluding hydrogens is 352 g/mol. The molecule has 3 N–H and O–H groups in total. The third-order valence-corrected chi connectivity index (χ3v) is 4.44. The Balaban J connectivity index is 1.87. The standard InChI is InChI=1S/C22H26N4O2/c1-22(2,3)24-15-9-14-23-20(27)19-17-12-7-8-13-18(17)21(28)26(25-19)16-10-5-4-6-11-16/h4-8,10-13,24H,9,14-15H2,1-3H3,(H,23,27)/p+1. The number of nitrogens with zero attached hydrogens (tertiary/aromatic N) is 2. The van der Waals surface area contributed by atoms with E-state index in [0.717, 1.165) is 13.0 Å². The van der Waals surface area contributed by atoms with Gasteiger partial charge in [0.1, 0.15) is 0 Å². The number of rotatable bonds is 6. The fourth-order valence-corrected chi connectivity index (χ4v) is 3.02. The van der Waals surface area contributed by atoms with E-state index in [1.807, 2.05) is 24.3 Å². The summed E-state index contributed by atoms with van der Waals surface area (Å²) < 4.78 is 1.30. The average Bonchev–Trinajstić information content (AvgIpc) is 2.68. The molecule has 0 aliphatic heterocycles. The maximum absolute atomic E-state index is 12.9. The van der Waals surface area contributed by atoms with Crippen LogP contribution in [0.5, 0.6) is 0 Å². The molecule has 1 aromatic heterocycles. The van der Waals surface area contributed by atoms with E-state index in [0.29, 0.717) is 23.0 Å². The lowest BCUT2D eigenvalue weighted by molar-refractivity contribution is -0.717. The van der Waals surface area contributed by atoms with Crippen molar-refractivity contribution in [2.75, 3.05) is 13.1 Å². The fourth-order valence-electron chi connectivity index (χ4n) is 3.02. The van der Waals surface area contributed by atoms with Crippen molar-refractivity contribution in [2.24, 2.45) is 0 Å². The minimum absolute atomic E-state index is 0.174. The molecule has 146 valence electrons. The van der Waals surface area contributed by atoms with Crippen molar-refractivity contribution in [2.45, 2.75) is 32.7 Å². The number of quaternary nitrogens is 1. The highest BCUT2D eigenvalue weighted by atomic mass is 16.2. The smallest absolute Gasteiger partial charge is 0.279 e. The molecule has 0 saturated heterocycles. The van der Waals surface area contributed by atoms with Gasteiger partial charge in [-0.1, -0.05) is 36.4 Å². The Morgan fingerprint density at radius 1 is 1.04 bits per heavy atom. The van der Waals surface area contributed by atoms with Crippen LogP contribution in [0.15, 0.2) is 59.4 Å². The van der Waals surface area contributed by atoms with Gasteiger partial charge >= 0.3 is 0 Å². The number of hydrogen-bond donors (Lipinski definition) is 2. The van der Waals surface area contributed by atoms with Gasteiger partial charge in [0.05, 0.1) is 23.2 Å². The topological polar surface area (TPSA) is 80.6 Å². The van der Waals surface area contributed by atoms with Crippen LogP contribution < -0.4 is 16.2 Å². The molecule has 6 nitrogen and oxygen atoms in total. The highest BCUT2D eigenvalue weighted by Gasteiger charge is 2.17. The highest BCUT2D eigenvalue weighted by molar-refractivity contribution is 6.04. The number of hydrogen-bond acceptors (Lipinski definition) is 3. The number of nitrogens with one attached hydrogen (secondary N) is 1. The summed E-state index contributed by atoms with van der Waals surface area (Å²) in [4.78, 5) is 25.7. The lowest BCUT2D eigenvalue weighted by Gasteiger charge is -2.16. The Morgan fingerprint density at radius 3 is 2.36 bits per heavy atom. The lowest BCUT2D eigenvalue weighted by Crippen LogP contribution is -2.94. The van der Waals surface area contributed by atoms with Crippen molar-refractivity contribution < 1.29 is 10.1 Å². The molecule has 1 heterocycles.